The highest BCUT2D eigenvalue weighted by Gasteiger charge is 2.06. The first-order valence-electron chi connectivity index (χ1n) is 4.48. The maximum atomic E-state index is 11.4. The third-order valence-electron chi connectivity index (χ3n) is 1.87. The predicted molar refractivity (Wildman–Crippen MR) is 59.2 cm³/mol. The van der Waals surface area contributed by atoms with Crippen molar-refractivity contribution in [2.24, 2.45) is 0 Å². The van der Waals surface area contributed by atoms with Crippen molar-refractivity contribution in [3.63, 3.8) is 0 Å². The first-order valence-corrected chi connectivity index (χ1v) is 4.48. The summed E-state index contributed by atoms with van der Waals surface area (Å²) >= 11 is 0. The number of carbonyl (C=O) groups excluding carboxylic acids is 3. The summed E-state index contributed by atoms with van der Waals surface area (Å²) in [5, 5.41) is 7.27. The molecule has 0 aliphatic heterocycles. The maximum Gasteiger partial charge on any atom is 0.251 e. The standard InChI is InChI=1S/C10H11N3O3/c1-11-10(16)7-2-8(12-5-14)4-9(3-7)13-6-15/h2-6H,1H3,(H,11,16)(H,12,14)(H,13,15). The lowest BCUT2D eigenvalue weighted by Gasteiger charge is -2.07. The highest BCUT2D eigenvalue weighted by Crippen LogP contribution is 2.18. The molecule has 0 atom stereocenters. The van der Waals surface area contributed by atoms with E-state index in [2.05, 4.69) is 16.0 Å². The van der Waals surface area contributed by atoms with Gasteiger partial charge in [-0.05, 0) is 18.2 Å². The topological polar surface area (TPSA) is 87.3 Å². The molecule has 0 aliphatic carbocycles. The lowest BCUT2D eigenvalue weighted by molar-refractivity contribution is -0.106. The van der Waals surface area contributed by atoms with Gasteiger partial charge in [-0.3, -0.25) is 14.4 Å². The van der Waals surface area contributed by atoms with Gasteiger partial charge in [0, 0.05) is 24.0 Å². The maximum absolute atomic E-state index is 11.4. The number of benzene rings is 1. The minimum absolute atomic E-state index is 0.302. The van der Waals surface area contributed by atoms with E-state index >= 15 is 0 Å². The fraction of sp³-hybridized carbons (Fsp3) is 0.100. The molecule has 1 aromatic rings. The molecule has 6 nitrogen and oxygen atoms in total. The number of anilines is 2. The predicted octanol–water partition coefficient (Wildman–Crippen LogP) is 0.183. The van der Waals surface area contributed by atoms with Crippen LogP contribution in [-0.4, -0.2) is 25.8 Å². The van der Waals surface area contributed by atoms with Crippen LogP contribution in [0.1, 0.15) is 10.4 Å². The van der Waals surface area contributed by atoms with Gasteiger partial charge in [0.05, 0.1) is 0 Å². The fourth-order valence-electron chi connectivity index (χ4n) is 1.21. The SMILES string of the molecule is CNC(=O)c1cc(NC=O)cc(NC=O)c1. The van der Waals surface area contributed by atoms with Crippen molar-refractivity contribution in [2.45, 2.75) is 0 Å². The monoisotopic (exact) mass is 221 g/mol. The zero-order valence-corrected chi connectivity index (χ0v) is 8.61. The van der Waals surface area contributed by atoms with Crippen LogP contribution in [0.2, 0.25) is 0 Å². The molecule has 1 rings (SSSR count). The van der Waals surface area contributed by atoms with Gasteiger partial charge in [-0.1, -0.05) is 0 Å². The van der Waals surface area contributed by atoms with Gasteiger partial charge in [-0.25, -0.2) is 0 Å². The largest absolute Gasteiger partial charge is 0.355 e. The van der Waals surface area contributed by atoms with E-state index in [1.807, 2.05) is 0 Å². The summed E-state index contributed by atoms with van der Waals surface area (Å²) in [6.45, 7) is 0. The molecule has 6 heteroatoms. The molecular weight excluding hydrogens is 210 g/mol. The average molecular weight is 221 g/mol. The Kier molecular flexibility index (Phi) is 4.02. The molecule has 0 heterocycles. The summed E-state index contributed by atoms with van der Waals surface area (Å²) in [5.74, 6) is -0.302. The fourth-order valence-corrected chi connectivity index (χ4v) is 1.21. The van der Waals surface area contributed by atoms with Gasteiger partial charge >= 0.3 is 0 Å². The lowest BCUT2D eigenvalue weighted by Crippen LogP contribution is -2.18. The van der Waals surface area contributed by atoms with Crippen molar-refractivity contribution >= 4 is 30.1 Å². The van der Waals surface area contributed by atoms with Gasteiger partial charge < -0.3 is 16.0 Å². The van der Waals surface area contributed by atoms with Crippen molar-refractivity contribution in [3.05, 3.63) is 23.8 Å². The molecule has 0 spiro atoms. The molecule has 0 unspecified atom stereocenters. The first-order chi connectivity index (χ1) is 7.71. The molecule has 0 saturated carbocycles. The Balaban J connectivity index is 3.11. The number of rotatable bonds is 5. The van der Waals surface area contributed by atoms with Crippen LogP contribution in [0.4, 0.5) is 11.4 Å². The third kappa shape index (κ3) is 2.81. The van der Waals surface area contributed by atoms with Crippen LogP contribution in [0.15, 0.2) is 18.2 Å². The minimum Gasteiger partial charge on any atom is -0.355 e. The summed E-state index contributed by atoms with van der Waals surface area (Å²) in [6.07, 6.45) is 0.987. The van der Waals surface area contributed by atoms with Gasteiger partial charge in [0.25, 0.3) is 5.91 Å². The van der Waals surface area contributed by atoms with Crippen LogP contribution in [0, 0.1) is 0 Å². The summed E-state index contributed by atoms with van der Waals surface area (Å²) in [4.78, 5) is 32.0. The van der Waals surface area contributed by atoms with Crippen LogP contribution in [0.5, 0.6) is 0 Å². The molecular formula is C10H11N3O3. The van der Waals surface area contributed by atoms with Crippen molar-refractivity contribution in [3.8, 4) is 0 Å². The molecule has 0 fully saturated rings. The Labute approximate surface area is 92.0 Å². The molecule has 84 valence electrons. The van der Waals surface area contributed by atoms with Gasteiger partial charge in [0.15, 0.2) is 0 Å². The lowest BCUT2D eigenvalue weighted by atomic mass is 10.1. The molecule has 0 saturated heterocycles. The smallest absolute Gasteiger partial charge is 0.251 e. The summed E-state index contributed by atoms with van der Waals surface area (Å²) in [6, 6.07) is 4.54. The Morgan fingerprint density at radius 3 is 1.94 bits per heavy atom. The molecule has 3 amide bonds. The van der Waals surface area contributed by atoms with E-state index in [9.17, 15) is 14.4 Å². The van der Waals surface area contributed by atoms with Gasteiger partial charge in [-0.2, -0.15) is 0 Å². The number of hydrogen-bond acceptors (Lipinski definition) is 3. The Morgan fingerprint density at radius 1 is 1.06 bits per heavy atom. The van der Waals surface area contributed by atoms with Gasteiger partial charge in [-0.15, -0.1) is 0 Å². The van der Waals surface area contributed by atoms with E-state index < -0.39 is 0 Å². The second-order valence-electron chi connectivity index (χ2n) is 2.90. The number of nitrogens with one attached hydrogen (secondary N) is 3. The van der Waals surface area contributed by atoms with Gasteiger partial charge in [0.1, 0.15) is 0 Å². The van der Waals surface area contributed by atoms with Crippen LogP contribution < -0.4 is 16.0 Å². The summed E-state index contributed by atoms with van der Waals surface area (Å²) < 4.78 is 0. The van der Waals surface area contributed by atoms with Crippen molar-refractivity contribution in [1.82, 2.24) is 5.32 Å². The van der Waals surface area contributed by atoms with E-state index in [0.29, 0.717) is 29.8 Å². The van der Waals surface area contributed by atoms with E-state index in [-0.39, 0.29) is 5.91 Å². The Morgan fingerprint density at radius 2 is 1.56 bits per heavy atom. The summed E-state index contributed by atoms with van der Waals surface area (Å²) in [5.41, 5.74) is 1.21. The Hall–Kier alpha value is -2.37. The normalized spacial score (nSPS) is 9.06. The van der Waals surface area contributed by atoms with Crippen LogP contribution in [-0.2, 0) is 9.59 Å². The zero-order valence-electron chi connectivity index (χ0n) is 8.61. The third-order valence-corrected chi connectivity index (χ3v) is 1.87. The van der Waals surface area contributed by atoms with Crippen LogP contribution >= 0.6 is 0 Å². The highest BCUT2D eigenvalue weighted by atomic mass is 16.1. The second kappa shape index (κ2) is 5.50. The van der Waals surface area contributed by atoms with E-state index in [1.165, 1.54) is 25.2 Å². The zero-order chi connectivity index (χ0) is 12.0. The first kappa shape index (κ1) is 11.7. The van der Waals surface area contributed by atoms with E-state index in [0.717, 1.165) is 0 Å². The average Bonchev–Trinajstić information content (AvgIpc) is 2.28. The van der Waals surface area contributed by atoms with Crippen molar-refractivity contribution < 1.29 is 14.4 Å². The number of carbonyl (C=O) groups is 3. The second-order valence-corrected chi connectivity index (χ2v) is 2.90. The van der Waals surface area contributed by atoms with Gasteiger partial charge in [0.2, 0.25) is 12.8 Å². The molecule has 16 heavy (non-hydrogen) atoms. The Bertz CT molecular complexity index is 390. The molecule has 0 radical (unpaired) electrons. The van der Waals surface area contributed by atoms with Crippen LogP contribution in [0.25, 0.3) is 0 Å². The molecule has 1 aromatic carbocycles. The van der Waals surface area contributed by atoms with E-state index in [4.69, 9.17) is 0 Å². The van der Waals surface area contributed by atoms with Crippen molar-refractivity contribution in [2.75, 3.05) is 17.7 Å². The minimum atomic E-state index is -0.302. The number of amides is 3. The van der Waals surface area contributed by atoms with Crippen LogP contribution in [0.3, 0.4) is 0 Å². The van der Waals surface area contributed by atoms with E-state index in [1.54, 1.807) is 0 Å². The molecule has 3 N–H and O–H groups in total. The molecule has 0 aliphatic rings. The number of hydrogen-bond donors (Lipinski definition) is 3. The van der Waals surface area contributed by atoms with Crippen molar-refractivity contribution in [1.29, 1.82) is 0 Å². The molecule has 0 bridgehead atoms. The highest BCUT2D eigenvalue weighted by molar-refractivity contribution is 5.97. The summed E-state index contributed by atoms with van der Waals surface area (Å²) in [7, 11) is 1.50. The molecule has 0 aromatic heterocycles. The quantitative estimate of drug-likeness (QED) is 0.620.